The molecule has 0 spiro atoms. The first-order valence-corrected chi connectivity index (χ1v) is 7.55. The zero-order valence-electron chi connectivity index (χ0n) is 11.0. The predicted molar refractivity (Wildman–Crippen MR) is 72.9 cm³/mol. The van der Waals surface area contributed by atoms with E-state index in [0.29, 0.717) is 10.3 Å². The van der Waals surface area contributed by atoms with Gasteiger partial charge in [-0.05, 0) is 39.0 Å². The van der Waals surface area contributed by atoms with E-state index in [1.54, 1.807) is 0 Å². The van der Waals surface area contributed by atoms with Gasteiger partial charge in [-0.1, -0.05) is 6.92 Å². The van der Waals surface area contributed by atoms with E-state index >= 15 is 0 Å². The number of thioether (sulfide) groups is 1. The Labute approximate surface area is 104 Å². The van der Waals surface area contributed by atoms with Crippen LogP contribution in [-0.2, 0) is 0 Å². The van der Waals surface area contributed by atoms with E-state index < -0.39 is 0 Å². The second-order valence-corrected chi connectivity index (χ2v) is 8.11. The Morgan fingerprint density at radius 2 is 2.19 bits per heavy atom. The molecule has 1 saturated heterocycles. The van der Waals surface area contributed by atoms with Crippen LogP contribution in [0, 0.1) is 5.92 Å². The van der Waals surface area contributed by atoms with Gasteiger partial charge in [-0.3, -0.25) is 4.90 Å². The van der Waals surface area contributed by atoms with Gasteiger partial charge >= 0.3 is 0 Å². The van der Waals surface area contributed by atoms with Crippen molar-refractivity contribution in [1.29, 1.82) is 0 Å². The largest absolute Gasteiger partial charge is 0.329 e. The lowest BCUT2D eigenvalue weighted by atomic mass is 9.92. The van der Waals surface area contributed by atoms with E-state index in [1.807, 2.05) is 0 Å². The molecule has 0 amide bonds. The van der Waals surface area contributed by atoms with E-state index in [1.165, 1.54) is 38.1 Å². The lowest BCUT2D eigenvalue weighted by Gasteiger charge is -2.48. The van der Waals surface area contributed by atoms with Gasteiger partial charge in [0, 0.05) is 35.7 Å². The van der Waals surface area contributed by atoms with Gasteiger partial charge in [-0.25, -0.2) is 0 Å². The van der Waals surface area contributed by atoms with Crippen molar-refractivity contribution in [1.82, 2.24) is 4.90 Å². The van der Waals surface area contributed by atoms with Gasteiger partial charge in [-0.15, -0.1) is 0 Å². The van der Waals surface area contributed by atoms with Crippen molar-refractivity contribution in [3.8, 4) is 0 Å². The van der Waals surface area contributed by atoms with Gasteiger partial charge in [0.15, 0.2) is 0 Å². The maximum absolute atomic E-state index is 6.10. The minimum absolute atomic E-state index is 0.331. The highest BCUT2D eigenvalue weighted by Gasteiger charge is 2.44. The van der Waals surface area contributed by atoms with E-state index in [4.69, 9.17) is 5.73 Å². The SMILES string of the molecule is CC1CCC(CN)(N2CCSC(C)(C)C2)C1. The molecule has 2 aliphatic rings. The van der Waals surface area contributed by atoms with E-state index in [2.05, 4.69) is 37.4 Å². The fourth-order valence-electron chi connectivity index (χ4n) is 3.39. The number of hydrogen-bond acceptors (Lipinski definition) is 3. The fraction of sp³-hybridized carbons (Fsp3) is 1.00. The first kappa shape index (κ1) is 12.7. The third-order valence-corrected chi connectivity index (χ3v) is 5.60. The molecule has 0 radical (unpaired) electrons. The van der Waals surface area contributed by atoms with Gasteiger partial charge in [-0.2, -0.15) is 11.8 Å². The lowest BCUT2D eigenvalue weighted by Crippen LogP contribution is -2.58. The summed E-state index contributed by atoms with van der Waals surface area (Å²) in [4.78, 5) is 2.70. The molecular weight excluding hydrogens is 216 g/mol. The molecule has 2 rings (SSSR count). The maximum Gasteiger partial charge on any atom is 0.0335 e. The summed E-state index contributed by atoms with van der Waals surface area (Å²) >= 11 is 2.11. The van der Waals surface area contributed by atoms with E-state index in [9.17, 15) is 0 Å². The lowest BCUT2D eigenvalue weighted by molar-refractivity contribution is 0.0901. The molecule has 1 aliphatic carbocycles. The van der Waals surface area contributed by atoms with Crippen LogP contribution in [0.2, 0.25) is 0 Å². The van der Waals surface area contributed by atoms with Gasteiger partial charge in [0.1, 0.15) is 0 Å². The zero-order chi connectivity index (χ0) is 11.8. The molecule has 16 heavy (non-hydrogen) atoms. The highest BCUT2D eigenvalue weighted by atomic mass is 32.2. The topological polar surface area (TPSA) is 29.3 Å². The summed E-state index contributed by atoms with van der Waals surface area (Å²) in [5, 5.41) is 0. The van der Waals surface area contributed by atoms with Crippen molar-refractivity contribution in [3.05, 3.63) is 0 Å². The van der Waals surface area contributed by atoms with Crippen molar-refractivity contribution in [2.45, 2.75) is 50.3 Å². The Bertz CT molecular complexity index is 254. The van der Waals surface area contributed by atoms with Crippen LogP contribution in [0.15, 0.2) is 0 Å². The number of hydrogen-bond donors (Lipinski definition) is 1. The standard InChI is InChI=1S/C13H26N2S/c1-11-4-5-13(8-11,9-14)15-6-7-16-12(2,3)10-15/h11H,4-10,14H2,1-3H3. The summed E-state index contributed by atoms with van der Waals surface area (Å²) in [6.07, 6.45) is 3.98. The van der Waals surface area contributed by atoms with Crippen molar-refractivity contribution >= 4 is 11.8 Å². The summed E-state index contributed by atoms with van der Waals surface area (Å²) < 4.78 is 0.409. The molecule has 1 saturated carbocycles. The Morgan fingerprint density at radius 1 is 1.44 bits per heavy atom. The highest BCUT2D eigenvalue weighted by Crippen LogP contribution is 2.42. The number of nitrogens with zero attached hydrogens (tertiary/aromatic N) is 1. The minimum atomic E-state index is 0.331. The number of nitrogens with two attached hydrogens (primary N) is 1. The summed E-state index contributed by atoms with van der Waals surface area (Å²) in [6.45, 7) is 10.4. The van der Waals surface area contributed by atoms with Crippen molar-refractivity contribution in [3.63, 3.8) is 0 Å². The van der Waals surface area contributed by atoms with E-state index in [-0.39, 0.29) is 0 Å². The smallest absolute Gasteiger partial charge is 0.0335 e. The van der Waals surface area contributed by atoms with Crippen LogP contribution in [0.4, 0.5) is 0 Å². The highest BCUT2D eigenvalue weighted by molar-refractivity contribution is 8.00. The second-order valence-electron chi connectivity index (χ2n) is 6.31. The number of rotatable bonds is 2. The van der Waals surface area contributed by atoms with Crippen LogP contribution in [0.25, 0.3) is 0 Å². The van der Waals surface area contributed by atoms with E-state index in [0.717, 1.165) is 12.5 Å². The van der Waals surface area contributed by atoms with Crippen LogP contribution in [0.5, 0.6) is 0 Å². The molecule has 3 heteroatoms. The van der Waals surface area contributed by atoms with Gasteiger partial charge < -0.3 is 5.73 Å². The molecule has 2 fully saturated rings. The average molecular weight is 242 g/mol. The Morgan fingerprint density at radius 3 is 2.69 bits per heavy atom. The molecule has 0 aromatic carbocycles. The van der Waals surface area contributed by atoms with Crippen LogP contribution in [-0.4, -0.2) is 40.6 Å². The van der Waals surface area contributed by atoms with Crippen LogP contribution < -0.4 is 5.73 Å². The first-order chi connectivity index (χ1) is 7.47. The summed E-state index contributed by atoms with van der Waals surface area (Å²) in [5.41, 5.74) is 6.43. The maximum atomic E-state index is 6.10. The Balaban J connectivity index is 2.09. The van der Waals surface area contributed by atoms with Crippen molar-refractivity contribution in [2.75, 3.05) is 25.4 Å². The predicted octanol–water partition coefficient (Wildman–Crippen LogP) is 2.33. The third-order valence-electron chi connectivity index (χ3n) is 4.31. The molecule has 94 valence electrons. The molecule has 1 heterocycles. The molecule has 2 unspecified atom stereocenters. The van der Waals surface area contributed by atoms with Crippen molar-refractivity contribution < 1.29 is 0 Å². The van der Waals surface area contributed by atoms with Gasteiger partial charge in [0.2, 0.25) is 0 Å². The van der Waals surface area contributed by atoms with Crippen LogP contribution >= 0.6 is 11.8 Å². The summed E-state index contributed by atoms with van der Waals surface area (Å²) in [5.74, 6) is 2.13. The minimum Gasteiger partial charge on any atom is -0.329 e. The molecule has 0 aromatic rings. The molecule has 0 aromatic heterocycles. The average Bonchev–Trinajstić information content (AvgIpc) is 2.60. The summed E-state index contributed by atoms with van der Waals surface area (Å²) in [6, 6.07) is 0. The normalized spacial score (nSPS) is 40.1. The fourth-order valence-corrected chi connectivity index (χ4v) is 4.50. The molecule has 2 N–H and O–H groups in total. The molecule has 2 nitrogen and oxygen atoms in total. The molecule has 2 atom stereocenters. The Hall–Kier alpha value is 0.270. The molecule has 0 bridgehead atoms. The monoisotopic (exact) mass is 242 g/mol. The molecule has 1 aliphatic heterocycles. The first-order valence-electron chi connectivity index (χ1n) is 6.57. The Kier molecular flexibility index (Phi) is 3.58. The molecular formula is C13H26N2S. The van der Waals surface area contributed by atoms with Crippen molar-refractivity contribution in [2.24, 2.45) is 11.7 Å². The summed E-state index contributed by atoms with van der Waals surface area (Å²) in [7, 11) is 0. The second kappa shape index (κ2) is 4.51. The third kappa shape index (κ3) is 2.41. The zero-order valence-corrected chi connectivity index (χ0v) is 11.8. The van der Waals surface area contributed by atoms with Gasteiger partial charge in [0.25, 0.3) is 0 Å². The quantitative estimate of drug-likeness (QED) is 0.806. The van der Waals surface area contributed by atoms with Crippen LogP contribution in [0.3, 0.4) is 0 Å². The van der Waals surface area contributed by atoms with Crippen LogP contribution in [0.1, 0.15) is 40.0 Å². The van der Waals surface area contributed by atoms with Gasteiger partial charge in [0.05, 0.1) is 0 Å².